The molecule has 0 saturated carbocycles. The van der Waals surface area contributed by atoms with Crippen LogP contribution in [0.15, 0.2) is 74.2 Å². The second kappa shape index (κ2) is 6.75. The van der Waals surface area contributed by atoms with Crippen molar-refractivity contribution in [3.8, 4) is 0 Å². The molecule has 0 fully saturated rings. The van der Waals surface area contributed by atoms with Gasteiger partial charge >= 0.3 is 0 Å². The third kappa shape index (κ3) is 2.72. The molecule has 2 aliphatic heterocycles. The lowest BCUT2D eigenvalue weighted by Crippen LogP contribution is -2.34. The molecule has 3 aliphatic rings. The summed E-state index contributed by atoms with van der Waals surface area (Å²) in [5, 5.41) is 0.906. The summed E-state index contributed by atoms with van der Waals surface area (Å²) >= 11 is 5.13. The summed E-state index contributed by atoms with van der Waals surface area (Å²) in [7, 11) is 0. The first-order valence-electron chi connectivity index (χ1n) is 9.39. The average molecular weight is 451 g/mol. The number of Topliss-reactive ketones (excluding diaryl/α,β-unsaturated/α-hetero) is 1. The van der Waals surface area contributed by atoms with Crippen molar-refractivity contribution >= 4 is 44.3 Å². The maximum atomic E-state index is 12.2. The van der Waals surface area contributed by atoms with Gasteiger partial charge in [0.05, 0.1) is 16.6 Å². The Bertz CT molecular complexity index is 1120. The van der Waals surface area contributed by atoms with Crippen LogP contribution in [-0.2, 0) is 11.2 Å². The third-order valence-corrected chi connectivity index (χ3v) is 7.36. The number of aliphatic imine (C=N–C) groups is 1. The van der Waals surface area contributed by atoms with Gasteiger partial charge < -0.3 is 4.90 Å². The number of hydrogen-bond acceptors (Lipinski definition) is 4. The number of allylic oxidation sites excluding steroid dienone is 2. The molecule has 140 valence electrons. The summed E-state index contributed by atoms with van der Waals surface area (Å²) in [6, 6.07) is 17.1. The first kappa shape index (κ1) is 18.0. The van der Waals surface area contributed by atoms with Crippen molar-refractivity contribution in [1.29, 1.82) is 0 Å². The number of benzene rings is 2. The fourth-order valence-electron chi connectivity index (χ4n) is 4.38. The van der Waals surface area contributed by atoms with Gasteiger partial charge in [-0.3, -0.25) is 4.79 Å². The van der Waals surface area contributed by atoms with Crippen LogP contribution in [0.5, 0.6) is 0 Å². The van der Waals surface area contributed by atoms with Gasteiger partial charge in [-0.1, -0.05) is 52.3 Å². The van der Waals surface area contributed by atoms with Crippen molar-refractivity contribution in [2.24, 2.45) is 4.99 Å². The van der Waals surface area contributed by atoms with E-state index in [0.29, 0.717) is 0 Å². The summed E-state index contributed by atoms with van der Waals surface area (Å²) in [5.74, 6) is 0.103. The molecule has 0 bridgehead atoms. The average Bonchev–Trinajstić information content (AvgIpc) is 3.03. The van der Waals surface area contributed by atoms with E-state index in [1.807, 2.05) is 6.92 Å². The predicted molar refractivity (Wildman–Crippen MR) is 119 cm³/mol. The van der Waals surface area contributed by atoms with Crippen molar-refractivity contribution in [3.63, 3.8) is 0 Å². The largest absolute Gasteiger partial charge is 0.312 e. The number of rotatable bonds is 2. The number of hydrogen-bond donors (Lipinski definition) is 0. The maximum Gasteiger partial charge on any atom is 0.174 e. The van der Waals surface area contributed by atoms with Crippen LogP contribution in [0.2, 0.25) is 0 Å². The Morgan fingerprint density at radius 2 is 2.00 bits per heavy atom. The molecule has 1 unspecified atom stereocenters. The molecule has 0 spiro atoms. The SMILES string of the molecule is CC(=O)C1=C(C)N2C(=NC3=C(CCc4ccccc43)C2c2cccc(Br)c2)S1. The highest BCUT2D eigenvalue weighted by Gasteiger charge is 2.41. The maximum absolute atomic E-state index is 12.2. The van der Waals surface area contributed by atoms with Crippen molar-refractivity contribution in [2.75, 3.05) is 0 Å². The number of carbonyl (C=O) groups excluding carboxylic acids is 1. The molecule has 2 heterocycles. The Morgan fingerprint density at radius 3 is 2.79 bits per heavy atom. The molecule has 1 aliphatic carbocycles. The minimum Gasteiger partial charge on any atom is -0.312 e. The van der Waals surface area contributed by atoms with Gasteiger partial charge in [-0.25, -0.2) is 4.99 Å². The van der Waals surface area contributed by atoms with Crippen LogP contribution in [0.4, 0.5) is 0 Å². The zero-order chi connectivity index (χ0) is 19.4. The van der Waals surface area contributed by atoms with Crippen LogP contribution in [0.25, 0.3) is 5.70 Å². The van der Waals surface area contributed by atoms with Crippen molar-refractivity contribution in [1.82, 2.24) is 4.90 Å². The van der Waals surface area contributed by atoms with E-state index in [4.69, 9.17) is 4.99 Å². The number of thioether (sulfide) groups is 1. The third-order valence-electron chi connectivity index (χ3n) is 5.61. The first-order chi connectivity index (χ1) is 13.5. The number of ketones is 1. The molecule has 2 aromatic carbocycles. The highest BCUT2D eigenvalue weighted by atomic mass is 79.9. The molecular weight excluding hydrogens is 432 g/mol. The number of aryl methyl sites for hydroxylation is 1. The van der Waals surface area contributed by atoms with Crippen molar-refractivity contribution < 1.29 is 4.79 Å². The summed E-state index contributed by atoms with van der Waals surface area (Å²) in [6.45, 7) is 3.68. The van der Waals surface area contributed by atoms with E-state index in [0.717, 1.165) is 38.8 Å². The van der Waals surface area contributed by atoms with Gasteiger partial charge in [-0.05, 0) is 67.3 Å². The molecule has 0 saturated heterocycles. The van der Waals surface area contributed by atoms with E-state index >= 15 is 0 Å². The molecule has 5 heteroatoms. The van der Waals surface area contributed by atoms with Gasteiger partial charge in [0.15, 0.2) is 11.0 Å². The van der Waals surface area contributed by atoms with E-state index < -0.39 is 0 Å². The van der Waals surface area contributed by atoms with Crippen molar-refractivity contribution in [2.45, 2.75) is 32.7 Å². The second-order valence-electron chi connectivity index (χ2n) is 7.33. The zero-order valence-electron chi connectivity index (χ0n) is 15.7. The Kier molecular flexibility index (Phi) is 4.33. The fraction of sp³-hybridized carbons (Fsp3) is 0.217. The smallest absolute Gasteiger partial charge is 0.174 e. The quantitative estimate of drug-likeness (QED) is 0.554. The lowest BCUT2D eigenvalue weighted by molar-refractivity contribution is -0.113. The van der Waals surface area contributed by atoms with E-state index in [9.17, 15) is 4.79 Å². The predicted octanol–water partition coefficient (Wildman–Crippen LogP) is 6.09. The molecule has 3 nitrogen and oxygen atoms in total. The molecule has 0 amide bonds. The number of carbonyl (C=O) groups is 1. The fourth-order valence-corrected chi connectivity index (χ4v) is 5.85. The second-order valence-corrected chi connectivity index (χ2v) is 9.22. The van der Waals surface area contributed by atoms with Crippen LogP contribution in [0, 0.1) is 0 Å². The van der Waals surface area contributed by atoms with Gasteiger partial charge in [0, 0.05) is 15.7 Å². The molecule has 0 radical (unpaired) electrons. The topological polar surface area (TPSA) is 32.7 Å². The van der Waals surface area contributed by atoms with E-state index in [1.54, 1.807) is 6.92 Å². The van der Waals surface area contributed by atoms with Crippen LogP contribution in [0.1, 0.15) is 43.0 Å². The van der Waals surface area contributed by atoms with Crippen LogP contribution >= 0.6 is 27.7 Å². The van der Waals surface area contributed by atoms with Crippen LogP contribution in [-0.4, -0.2) is 15.9 Å². The van der Waals surface area contributed by atoms with E-state index in [2.05, 4.69) is 69.4 Å². The molecule has 1 atom stereocenters. The minimum absolute atomic E-state index is 0.0673. The Morgan fingerprint density at radius 1 is 1.18 bits per heavy atom. The van der Waals surface area contributed by atoms with Crippen LogP contribution < -0.4 is 0 Å². The molecule has 5 rings (SSSR count). The molecule has 28 heavy (non-hydrogen) atoms. The number of amidine groups is 1. The van der Waals surface area contributed by atoms with Gasteiger partial charge in [0.1, 0.15) is 0 Å². The zero-order valence-corrected chi connectivity index (χ0v) is 18.1. The molecule has 2 aromatic rings. The van der Waals surface area contributed by atoms with Gasteiger partial charge in [-0.2, -0.15) is 0 Å². The number of halogens is 1. The molecule has 0 N–H and O–H groups in total. The Balaban J connectivity index is 1.75. The molecule has 0 aromatic heterocycles. The van der Waals surface area contributed by atoms with Gasteiger partial charge in [0.2, 0.25) is 0 Å². The summed E-state index contributed by atoms with van der Waals surface area (Å²) in [5.41, 5.74) is 7.23. The summed E-state index contributed by atoms with van der Waals surface area (Å²) < 4.78 is 1.06. The van der Waals surface area contributed by atoms with Gasteiger partial charge in [-0.15, -0.1) is 0 Å². The minimum atomic E-state index is 0.0673. The van der Waals surface area contributed by atoms with Crippen molar-refractivity contribution in [3.05, 3.63) is 85.9 Å². The van der Waals surface area contributed by atoms with Crippen LogP contribution in [0.3, 0.4) is 0 Å². The monoisotopic (exact) mass is 450 g/mol. The van der Waals surface area contributed by atoms with Gasteiger partial charge in [0.25, 0.3) is 0 Å². The Labute approximate surface area is 177 Å². The first-order valence-corrected chi connectivity index (χ1v) is 11.0. The van der Waals surface area contributed by atoms with E-state index in [1.165, 1.54) is 34.0 Å². The number of fused-ring (bicyclic) bond motifs is 3. The standard InChI is InChI=1S/C23H19BrN2OS/c1-13-22(14(2)27)28-23-25-20-18-9-4-3-6-15(18)10-11-19(20)21(26(13)23)16-7-5-8-17(24)12-16/h3-9,12,21H,10-11H2,1-2H3. The highest BCUT2D eigenvalue weighted by Crippen LogP contribution is 2.51. The Hall–Kier alpha value is -2.11. The lowest BCUT2D eigenvalue weighted by atomic mass is 9.82. The highest BCUT2D eigenvalue weighted by molar-refractivity contribution is 9.10. The number of nitrogens with zero attached hydrogens (tertiary/aromatic N) is 2. The molecular formula is C23H19BrN2OS. The normalized spacial score (nSPS) is 20.6. The lowest BCUT2D eigenvalue weighted by Gasteiger charge is -2.39. The summed E-state index contributed by atoms with van der Waals surface area (Å²) in [6.07, 6.45) is 2.00. The van der Waals surface area contributed by atoms with E-state index in [-0.39, 0.29) is 11.8 Å². The summed E-state index contributed by atoms with van der Waals surface area (Å²) in [4.78, 5) is 20.4.